The average Bonchev–Trinajstić information content (AvgIpc) is 2.48. The minimum absolute atomic E-state index is 0.178. The third-order valence-electron chi connectivity index (χ3n) is 2.10. The molecule has 0 amide bonds. The Kier molecular flexibility index (Phi) is 3.04. The maximum atomic E-state index is 11.7. The first-order valence-corrected chi connectivity index (χ1v) is 4.89. The molecule has 0 aliphatic carbocycles. The molecule has 0 spiro atoms. The van der Waals surface area contributed by atoms with Crippen molar-refractivity contribution in [2.75, 3.05) is 6.61 Å². The van der Waals surface area contributed by atoms with Gasteiger partial charge >= 0.3 is 11.9 Å². The number of carboxylic acid groups (broad SMARTS) is 1. The molecule has 15 heavy (non-hydrogen) atoms. The quantitative estimate of drug-likeness (QED) is 0.549. The highest BCUT2D eigenvalue weighted by Gasteiger charge is 2.52. The van der Waals surface area contributed by atoms with Crippen LogP contribution >= 0.6 is 0 Å². The number of ether oxygens (including phenoxy) is 2. The topological polar surface area (TPSA) is 72.8 Å². The van der Waals surface area contributed by atoms with Crippen molar-refractivity contribution in [1.29, 1.82) is 0 Å². The zero-order valence-corrected chi connectivity index (χ0v) is 9.20. The fourth-order valence-electron chi connectivity index (χ4n) is 1.42. The molecular weight excluding hydrogens is 200 g/mol. The summed E-state index contributed by atoms with van der Waals surface area (Å²) in [5.74, 6) is -2.07. The lowest BCUT2D eigenvalue weighted by molar-refractivity contribution is -0.189. The van der Waals surface area contributed by atoms with Crippen LogP contribution in [0.3, 0.4) is 0 Å². The van der Waals surface area contributed by atoms with E-state index in [1.54, 1.807) is 20.8 Å². The highest BCUT2D eigenvalue weighted by Crippen LogP contribution is 2.29. The fourth-order valence-corrected chi connectivity index (χ4v) is 1.42. The van der Waals surface area contributed by atoms with Gasteiger partial charge in [0.15, 0.2) is 0 Å². The van der Waals surface area contributed by atoms with E-state index >= 15 is 0 Å². The van der Waals surface area contributed by atoms with E-state index in [1.165, 1.54) is 0 Å². The number of rotatable bonds is 2. The van der Waals surface area contributed by atoms with Crippen molar-refractivity contribution in [3.63, 3.8) is 0 Å². The molecule has 1 fully saturated rings. The van der Waals surface area contributed by atoms with Gasteiger partial charge in [0.05, 0.1) is 0 Å². The van der Waals surface area contributed by atoms with Crippen LogP contribution in [-0.2, 0) is 19.1 Å². The molecular formula is C10H16O5. The lowest BCUT2D eigenvalue weighted by atomic mass is 10.0. The monoisotopic (exact) mass is 216 g/mol. The molecule has 86 valence electrons. The maximum absolute atomic E-state index is 11.7. The van der Waals surface area contributed by atoms with E-state index in [9.17, 15) is 9.59 Å². The van der Waals surface area contributed by atoms with Crippen LogP contribution in [-0.4, -0.2) is 34.9 Å². The van der Waals surface area contributed by atoms with Crippen molar-refractivity contribution in [1.82, 2.24) is 0 Å². The van der Waals surface area contributed by atoms with E-state index in [1.807, 2.05) is 0 Å². The lowest BCUT2D eigenvalue weighted by Crippen LogP contribution is -2.49. The molecule has 0 saturated carbocycles. The summed E-state index contributed by atoms with van der Waals surface area (Å²) < 4.78 is 10.1. The average molecular weight is 216 g/mol. The van der Waals surface area contributed by atoms with Crippen LogP contribution in [0.4, 0.5) is 0 Å². The smallest absolute Gasteiger partial charge is 0.350 e. The third-order valence-corrected chi connectivity index (χ3v) is 2.10. The summed E-state index contributed by atoms with van der Waals surface area (Å²) in [6.07, 6.45) is 0.739. The van der Waals surface area contributed by atoms with Gasteiger partial charge in [0.2, 0.25) is 0 Å². The van der Waals surface area contributed by atoms with Crippen molar-refractivity contribution >= 4 is 11.9 Å². The molecule has 1 aliphatic rings. The largest absolute Gasteiger partial charge is 0.479 e. The number of carboxylic acids is 1. The van der Waals surface area contributed by atoms with Crippen molar-refractivity contribution < 1.29 is 24.2 Å². The Morgan fingerprint density at radius 2 is 2.00 bits per heavy atom. The SMILES string of the molecule is CC(C)(C)OC(=O)[C@]1(C(=O)O)CCCO1. The molecule has 1 aliphatic heterocycles. The van der Waals surface area contributed by atoms with Gasteiger partial charge < -0.3 is 14.6 Å². The number of hydrogen-bond acceptors (Lipinski definition) is 4. The molecule has 0 aromatic carbocycles. The van der Waals surface area contributed by atoms with Crippen molar-refractivity contribution in [2.24, 2.45) is 0 Å². The molecule has 1 N–H and O–H groups in total. The summed E-state index contributed by atoms with van der Waals surface area (Å²) >= 11 is 0. The number of aliphatic carboxylic acids is 1. The second-order valence-electron chi connectivity index (χ2n) is 4.59. The highest BCUT2D eigenvalue weighted by molar-refractivity contribution is 6.03. The summed E-state index contributed by atoms with van der Waals surface area (Å²) in [5.41, 5.74) is -2.49. The molecule has 0 radical (unpaired) electrons. The molecule has 5 nitrogen and oxygen atoms in total. The van der Waals surface area contributed by atoms with E-state index in [4.69, 9.17) is 14.6 Å². The zero-order valence-electron chi connectivity index (χ0n) is 9.20. The van der Waals surface area contributed by atoms with Crippen molar-refractivity contribution in [2.45, 2.75) is 44.8 Å². The normalized spacial score (nSPS) is 26.3. The highest BCUT2D eigenvalue weighted by atomic mass is 16.6. The molecule has 0 aromatic heterocycles. The maximum Gasteiger partial charge on any atom is 0.350 e. The number of carbonyl (C=O) groups excluding carboxylic acids is 1. The summed E-state index contributed by atoms with van der Waals surface area (Å²) in [5, 5.41) is 9.01. The van der Waals surface area contributed by atoms with Crippen LogP contribution in [0.25, 0.3) is 0 Å². The van der Waals surface area contributed by atoms with Crippen LogP contribution in [0.5, 0.6) is 0 Å². The summed E-state index contributed by atoms with van der Waals surface area (Å²) in [4.78, 5) is 22.7. The first-order chi connectivity index (χ1) is 6.78. The Morgan fingerprint density at radius 3 is 2.33 bits per heavy atom. The molecule has 1 saturated heterocycles. The van der Waals surface area contributed by atoms with Crippen LogP contribution in [0.1, 0.15) is 33.6 Å². The molecule has 5 heteroatoms. The first kappa shape index (κ1) is 12.0. The van der Waals surface area contributed by atoms with Gasteiger partial charge in [-0.15, -0.1) is 0 Å². The zero-order chi connectivity index (χ0) is 11.7. The number of esters is 1. The Labute approximate surface area is 88.4 Å². The minimum atomic E-state index is -1.78. The van der Waals surface area contributed by atoms with Gasteiger partial charge in [-0.25, -0.2) is 9.59 Å². The van der Waals surface area contributed by atoms with E-state index in [0.717, 1.165) is 0 Å². The van der Waals surface area contributed by atoms with Crippen LogP contribution in [0.2, 0.25) is 0 Å². The predicted octanol–water partition coefficient (Wildman–Crippen LogP) is 0.962. The molecule has 1 rings (SSSR count). The van der Waals surface area contributed by atoms with Crippen molar-refractivity contribution in [3.8, 4) is 0 Å². The second kappa shape index (κ2) is 3.81. The van der Waals surface area contributed by atoms with Gasteiger partial charge in [-0.1, -0.05) is 0 Å². The van der Waals surface area contributed by atoms with E-state index in [-0.39, 0.29) is 13.0 Å². The minimum Gasteiger partial charge on any atom is -0.479 e. The van der Waals surface area contributed by atoms with Crippen LogP contribution < -0.4 is 0 Å². The standard InChI is InChI=1S/C10H16O5/c1-9(2,3)15-8(13)10(7(11)12)5-4-6-14-10/h4-6H2,1-3H3,(H,11,12)/t10-/m1/s1. The van der Waals surface area contributed by atoms with Gasteiger partial charge in [-0.05, 0) is 27.2 Å². The Hall–Kier alpha value is -1.10. The molecule has 0 bridgehead atoms. The van der Waals surface area contributed by atoms with Gasteiger partial charge in [-0.3, -0.25) is 0 Å². The van der Waals surface area contributed by atoms with E-state index < -0.39 is 23.1 Å². The second-order valence-corrected chi connectivity index (χ2v) is 4.59. The van der Waals surface area contributed by atoms with Gasteiger partial charge in [0, 0.05) is 13.0 Å². The number of hydrogen-bond donors (Lipinski definition) is 1. The molecule has 0 unspecified atom stereocenters. The van der Waals surface area contributed by atoms with Gasteiger partial charge in [-0.2, -0.15) is 0 Å². The summed E-state index contributed by atoms with van der Waals surface area (Å²) in [7, 11) is 0. The van der Waals surface area contributed by atoms with Gasteiger partial charge in [0.1, 0.15) is 5.60 Å². The Balaban J connectivity index is 2.82. The molecule has 1 atom stereocenters. The predicted molar refractivity (Wildman–Crippen MR) is 51.4 cm³/mol. The fraction of sp³-hybridized carbons (Fsp3) is 0.800. The Morgan fingerprint density at radius 1 is 1.40 bits per heavy atom. The van der Waals surface area contributed by atoms with Crippen LogP contribution in [0.15, 0.2) is 0 Å². The van der Waals surface area contributed by atoms with Crippen LogP contribution in [0, 0.1) is 0 Å². The molecule has 1 heterocycles. The summed E-state index contributed by atoms with van der Waals surface area (Å²) in [6, 6.07) is 0. The van der Waals surface area contributed by atoms with E-state index in [0.29, 0.717) is 6.42 Å². The number of carbonyl (C=O) groups is 2. The third kappa shape index (κ3) is 2.47. The van der Waals surface area contributed by atoms with E-state index in [2.05, 4.69) is 0 Å². The first-order valence-electron chi connectivity index (χ1n) is 4.89. The Bertz CT molecular complexity index is 270. The lowest BCUT2D eigenvalue weighted by Gasteiger charge is -2.27. The molecule has 0 aromatic rings. The summed E-state index contributed by atoms with van der Waals surface area (Å²) in [6.45, 7) is 5.35. The van der Waals surface area contributed by atoms with Crippen molar-refractivity contribution in [3.05, 3.63) is 0 Å². The van der Waals surface area contributed by atoms with Gasteiger partial charge in [0.25, 0.3) is 5.60 Å².